The van der Waals surface area contributed by atoms with E-state index in [1.807, 2.05) is 13.8 Å². The van der Waals surface area contributed by atoms with Gasteiger partial charge in [-0.2, -0.15) is 0 Å². The van der Waals surface area contributed by atoms with Gasteiger partial charge in [-0.3, -0.25) is 9.59 Å². The van der Waals surface area contributed by atoms with E-state index in [1.165, 1.54) is 6.92 Å². The van der Waals surface area contributed by atoms with Crippen molar-refractivity contribution >= 4 is 11.6 Å². The highest BCUT2D eigenvalue weighted by Gasteiger charge is 2.75. The maximum Gasteiger partial charge on any atom is 0.202 e. The summed E-state index contributed by atoms with van der Waals surface area (Å²) in [6, 6.07) is 0. The molecule has 13 heteroatoms. The second-order valence-electron chi connectivity index (χ2n) is 19.2. The first kappa shape index (κ1) is 40.4. The largest absolute Gasteiger partial charge is 0.483 e. The molecule has 54 heavy (non-hydrogen) atoms. The van der Waals surface area contributed by atoms with Crippen LogP contribution in [0.4, 0.5) is 0 Å². The molecule has 3 aliphatic heterocycles. The number of hydrogen-bond acceptors (Lipinski definition) is 13. The molecule has 5 fully saturated rings. The fraction of sp³-hybridized carbons (Fsp3) is 0.854. The number of hydrogen-bond donors (Lipinski definition) is 6. The first-order valence-electron chi connectivity index (χ1n) is 19.9. The Balaban J connectivity index is 1.14. The van der Waals surface area contributed by atoms with Crippen LogP contribution in [0.25, 0.3) is 0 Å². The smallest absolute Gasteiger partial charge is 0.202 e. The highest BCUT2D eigenvalue weighted by molar-refractivity contribution is 6.00. The molecule has 0 amide bonds. The van der Waals surface area contributed by atoms with Gasteiger partial charge in [0.1, 0.15) is 48.2 Å². The first-order valence-corrected chi connectivity index (χ1v) is 19.9. The van der Waals surface area contributed by atoms with Gasteiger partial charge in [-0.15, -0.1) is 0 Å². The van der Waals surface area contributed by atoms with Crippen molar-refractivity contribution in [1.82, 2.24) is 0 Å². The molecule has 7 aliphatic rings. The SMILES string of the molecule is CC(C)C1=CC(=O)C(C)(C2[C@H](O)C[C@@]3(C)[C@@H]4CC=C5[C@@H](CC[C@@H](OC6OCC(O)C(O)C6OC6OC(C)C(O)C(O)C6O)C5(C)C)[C@]4(C)C(=O)C[C@]23C)O1. The van der Waals surface area contributed by atoms with Gasteiger partial charge in [0.2, 0.25) is 5.78 Å². The van der Waals surface area contributed by atoms with Crippen LogP contribution in [0, 0.1) is 45.3 Å². The van der Waals surface area contributed by atoms with Crippen LogP contribution in [-0.2, 0) is 33.3 Å². The molecule has 18 atom stereocenters. The van der Waals surface area contributed by atoms with E-state index >= 15 is 0 Å². The van der Waals surface area contributed by atoms with Crippen LogP contribution in [0.15, 0.2) is 23.5 Å². The molecule has 304 valence electrons. The minimum Gasteiger partial charge on any atom is -0.483 e. The number of rotatable bonds is 6. The average Bonchev–Trinajstić information content (AvgIpc) is 3.51. The van der Waals surface area contributed by atoms with E-state index in [-0.39, 0.29) is 42.3 Å². The molecule has 3 saturated carbocycles. The Morgan fingerprint density at radius 3 is 2.17 bits per heavy atom. The van der Waals surface area contributed by atoms with Gasteiger partial charge < -0.3 is 54.3 Å². The molecule has 7 rings (SSSR count). The lowest BCUT2D eigenvalue weighted by Crippen LogP contribution is -2.65. The van der Waals surface area contributed by atoms with E-state index in [4.69, 9.17) is 23.7 Å². The third-order valence-electron chi connectivity index (χ3n) is 15.7. The summed E-state index contributed by atoms with van der Waals surface area (Å²) in [6.07, 6.45) is -7.09. The third-order valence-corrected chi connectivity index (χ3v) is 15.7. The number of fused-ring (bicyclic) bond motifs is 5. The number of aliphatic hydroxyl groups is 6. The van der Waals surface area contributed by atoms with Gasteiger partial charge in [-0.05, 0) is 62.2 Å². The van der Waals surface area contributed by atoms with Gasteiger partial charge in [-0.1, -0.05) is 60.1 Å². The van der Waals surface area contributed by atoms with E-state index in [1.54, 1.807) is 13.0 Å². The Hall–Kier alpha value is -1.78. The van der Waals surface area contributed by atoms with Gasteiger partial charge in [0.25, 0.3) is 0 Å². The zero-order valence-corrected chi connectivity index (χ0v) is 33.1. The van der Waals surface area contributed by atoms with Gasteiger partial charge in [-0.25, -0.2) is 0 Å². The predicted octanol–water partition coefficient (Wildman–Crippen LogP) is 2.32. The Bertz CT molecular complexity index is 1570. The van der Waals surface area contributed by atoms with E-state index < -0.39 is 101 Å². The molecule has 0 aromatic rings. The first-order chi connectivity index (χ1) is 25.0. The topological polar surface area (TPSA) is 202 Å². The molecular weight excluding hydrogens is 700 g/mol. The molecule has 4 aliphatic carbocycles. The van der Waals surface area contributed by atoms with E-state index in [9.17, 15) is 40.2 Å². The number of carbonyl (C=O) groups excluding carboxylic acids is 2. The highest BCUT2D eigenvalue weighted by Crippen LogP contribution is 2.74. The van der Waals surface area contributed by atoms with Crippen LogP contribution in [0.1, 0.15) is 94.4 Å². The second-order valence-corrected chi connectivity index (χ2v) is 19.2. The summed E-state index contributed by atoms with van der Waals surface area (Å²) in [5, 5.41) is 64.6. The van der Waals surface area contributed by atoms with Gasteiger partial charge in [0.15, 0.2) is 18.2 Å². The summed E-state index contributed by atoms with van der Waals surface area (Å²) in [5.74, 6) is -0.149. The Kier molecular flexibility index (Phi) is 10.0. The van der Waals surface area contributed by atoms with Crippen LogP contribution < -0.4 is 0 Å². The molecule has 3 heterocycles. The Labute approximate surface area is 318 Å². The quantitative estimate of drug-likeness (QED) is 0.216. The normalized spacial score (nSPS) is 53.0. The fourth-order valence-corrected chi connectivity index (χ4v) is 12.3. The van der Waals surface area contributed by atoms with Crippen LogP contribution in [0.5, 0.6) is 0 Å². The Morgan fingerprint density at radius 2 is 1.52 bits per heavy atom. The zero-order chi connectivity index (χ0) is 39.7. The molecule has 0 aromatic carbocycles. The van der Waals surface area contributed by atoms with Crippen LogP contribution in [0.2, 0.25) is 0 Å². The average molecular weight is 763 g/mol. The summed E-state index contributed by atoms with van der Waals surface area (Å²) >= 11 is 0. The molecule has 11 unspecified atom stereocenters. The van der Waals surface area contributed by atoms with Crippen molar-refractivity contribution in [2.24, 2.45) is 45.3 Å². The van der Waals surface area contributed by atoms with Crippen LogP contribution in [-0.4, -0.2) is 122 Å². The molecule has 2 saturated heterocycles. The number of Topliss-reactive ketones (excluding diaryl/α,β-unsaturated/α-hetero) is 1. The van der Waals surface area contributed by atoms with E-state index in [2.05, 4.69) is 40.7 Å². The molecule has 0 radical (unpaired) electrons. The van der Waals surface area contributed by atoms with Crippen molar-refractivity contribution in [1.29, 1.82) is 0 Å². The highest BCUT2D eigenvalue weighted by atomic mass is 16.8. The van der Waals surface area contributed by atoms with Gasteiger partial charge in [0.05, 0.1) is 24.9 Å². The van der Waals surface area contributed by atoms with Crippen molar-refractivity contribution in [3.63, 3.8) is 0 Å². The fourth-order valence-electron chi connectivity index (χ4n) is 12.3. The van der Waals surface area contributed by atoms with Crippen molar-refractivity contribution in [3.05, 3.63) is 23.5 Å². The predicted molar refractivity (Wildman–Crippen MR) is 192 cm³/mol. The lowest BCUT2D eigenvalue weighted by Gasteiger charge is -2.65. The molecule has 6 N–H and O–H groups in total. The summed E-state index contributed by atoms with van der Waals surface area (Å²) in [6.45, 7) is 17.6. The standard InChI is InChI=1S/C41H62O13/c1-18(2)24-14-26(44)41(9,54-24)34-22(42)15-38(6)25-12-10-20-21(40(25,8)27(45)16-39(34,38)7)11-13-28(37(20,4)5)52-36-33(30(47)23(43)17-50-36)53-35-32(49)31(48)29(46)19(3)51-35/h10,14,18-19,21-23,25,28-36,42-43,46-49H,11-13,15-17H2,1-9H3/t19?,21-,22-,23?,25+,28-,29?,30?,31?,32?,33?,34?,35?,36?,38+,39-,40+,41?/m1/s1. The van der Waals surface area contributed by atoms with Gasteiger partial charge >= 0.3 is 0 Å². The lowest BCUT2D eigenvalue weighted by atomic mass is 9.38. The summed E-state index contributed by atoms with van der Waals surface area (Å²) in [4.78, 5) is 28.5. The molecule has 0 aromatic heterocycles. The summed E-state index contributed by atoms with van der Waals surface area (Å²) < 4.78 is 30.6. The maximum absolute atomic E-state index is 14.9. The summed E-state index contributed by atoms with van der Waals surface area (Å²) in [5.41, 5.74) is -2.67. The molecule has 13 nitrogen and oxygen atoms in total. The lowest BCUT2D eigenvalue weighted by molar-refractivity contribution is -0.360. The minimum atomic E-state index is -1.63. The van der Waals surface area contributed by atoms with Crippen molar-refractivity contribution in [3.8, 4) is 0 Å². The molecule has 0 bridgehead atoms. The van der Waals surface area contributed by atoms with Crippen LogP contribution >= 0.6 is 0 Å². The van der Waals surface area contributed by atoms with Gasteiger partial charge in [0, 0.05) is 35.2 Å². The molecular formula is C41H62O13. The van der Waals surface area contributed by atoms with E-state index in [0.29, 0.717) is 31.4 Å². The zero-order valence-electron chi connectivity index (χ0n) is 33.1. The van der Waals surface area contributed by atoms with Crippen molar-refractivity contribution in [2.75, 3.05) is 6.61 Å². The minimum absolute atomic E-state index is 0.0144. The summed E-state index contributed by atoms with van der Waals surface area (Å²) in [7, 11) is 0. The number of carbonyl (C=O) groups is 2. The monoisotopic (exact) mass is 762 g/mol. The van der Waals surface area contributed by atoms with Crippen LogP contribution in [0.3, 0.4) is 0 Å². The molecule has 0 spiro atoms. The van der Waals surface area contributed by atoms with Crippen molar-refractivity contribution in [2.45, 2.75) is 168 Å². The number of allylic oxidation sites excluding steroid dienone is 2. The number of aliphatic hydroxyl groups excluding tert-OH is 6. The maximum atomic E-state index is 14.9. The van der Waals surface area contributed by atoms with E-state index in [0.717, 1.165) is 5.57 Å². The number of ketones is 2. The van der Waals surface area contributed by atoms with Crippen molar-refractivity contribution < 1.29 is 63.9 Å². The second kappa shape index (κ2) is 13.4. The third kappa shape index (κ3) is 5.61. The Morgan fingerprint density at radius 1 is 0.833 bits per heavy atom. The number of ether oxygens (including phenoxy) is 5.